The SMILES string of the molecule is O=C(Cc1ccc(NC(=O)N2CCSc3ncccc32)cc1)NC1CCCCCC1. The van der Waals surface area contributed by atoms with Crippen molar-refractivity contribution in [2.24, 2.45) is 0 Å². The van der Waals surface area contributed by atoms with Crippen molar-refractivity contribution in [3.63, 3.8) is 0 Å². The van der Waals surface area contributed by atoms with Crippen LogP contribution in [0.3, 0.4) is 0 Å². The highest BCUT2D eigenvalue weighted by Gasteiger charge is 2.23. The van der Waals surface area contributed by atoms with E-state index in [1.807, 2.05) is 36.4 Å². The van der Waals surface area contributed by atoms with Crippen LogP contribution in [0.25, 0.3) is 0 Å². The first kappa shape index (κ1) is 20.7. The fraction of sp³-hybridized carbons (Fsp3) is 0.435. The molecule has 1 aliphatic heterocycles. The number of carbonyl (C=O) groups excluding carboxylic acids is 2. The molecule has 2 heterocycles. The second-order valence-corrected chi connectivity index (χ2v) is 8.97. The Morgan fingerprint density at radius 2 is 1.83 bits per heavy atom. The molecule has 0 atom stereocenters. The topological polar surface area (TPSA) is 74.3 Å². The van der Waals surface area contributed by atoms with E-state index in [0.717, 1.165) is 40.6 Å². The van der Waals surface area contributed by atoms with Gasteiger partial charge in [0.05, 0.1) is 12.1 Å². The molecule has 4 rings (SSSR count). The van der Waals surface area contributed by atoms with Crippen LogP contribution in [-0.4, -0.2) is 35.3 Å². The predicted molar refractivity (Wildman–Crippen MR) is 121 cm³/mol. The second-order valence-electron chi connectivity index (χ2n) is 7.89. The number of nitrogens with zero attached hydrogens (tertiary/aromatic N) is 2. The molecule has 7 heteroatoms. The molecular weight excluding hydrogens is 396 g/mol. The van der Waals surface area contributed by atoms with Crippen molar-refractivity contribution >= 4 is 35.1 Å². The van der Waals surface area contributed by atoms with Gasteiger partial charge < -0.3 is 10.6 Å². The standard InChI is InChI=1S/C23H28N4O2S/c28-21(25-18-6-3-1-2-4-7-18)16-17-9-11-19(12-10-17)26-23(29)27-14-15-30-22-20(27)8-5-13-24-22/h5,8-13,18H,1-4,6-7,14-16H2,(H,25,28)(H,26,29). The number of benzene rings is 1. The molecular formula is C23H28N4O2S. The van der Waals surface area contributed by atoms with Crippen molar-refractivity contribution in [2.45, 2.75) is 56.0 Å². The molecule has 0 unspecified atom stereocenters. The lowest BCUT2D eigenvalue weighted by atomic mass is 10.1. The number of hydrogen-bond donors (Lipinski definition) is 2. The second kappa shape index (κ2) is 9.98. The first-order chi connectivity index (χ1) is 14.7. The number of amides is 3. The van der Waals surface area contributed by atoms with Crippen molar-refractivity contribution in [1.82, 2.24) is 10.3 Å². The van der Waals surface area contributed by atoms with Gasteiger partial charge in [-0.05, 0) is 42.7 Å². The van der Waals surface area contributed by atoms with Gasteiger partial charge in [0.15, 0.2) is 0 Å². The van der Waals surface area contributed by atoms with Gasteiger partial charge in [0, 0.05) is 30.2 Å². The van der Waals surface area contributed by atoms with E-state index in [9.17, 15) is 9.59 Å². The lowest BCUT2D eigenvalue weighted by Gasteiger charge is -2.28. The summed E-state index contributed by atoms with van der Waals surface area (Å²) >= 11 is 1.67. The van der Waals surface area contributed by atoms with Crippen LogP contribution in [0.2, 0.25) is 0 Å². The van der Waals surface area contributed by atoms with Crippen LogP contribution >= 0.6 is 11.8 Å². The van der Waals surface area contributed by atoms with Gasteiger partial charge in [-0.15, -0.1) is 11.8 Å². The lowest BCUT2D eigenvalue weighted by molar-refractivity contribution is -0.121. The number of thioether (sulfide) groups is 1. The van der Waals surface area contributed by atoms with Gasteiger partial charge in [-0.3, -0.25) is 9.69 Å². The maximum atomic E-state index is 12.8. The van der Waals surface area contributed by atoms with Crippen LogP contribution in [0, 0.1) is 0 Å². The lowest BCUT2D eigenvalue weighted by Crippen LogP contribution is -2.38. The maximum absolute atomic E-state index is 12.8. The quantitative estimate of drug-likeness (QED) is 0.703. The monoisotopic (exact) mass is 424 g/mol. The number of pyridine rings is 1. The summed E-state index contributed by atoms with van der Waals surface area (Å²) in [4.78, 5) is 31.2. The molecule has 1 fully saturated rings. The van der Waals surface area contributed by atoms with Crippen LogP contribution in [0.5, 0.6) is 0 Å². The summed E-state index contributed by atoms with van der Waals surface area (Å²) < 4.78 is 0. The van der Waals surface area contributed by atoms with E-state index >= 15 is 0 Å². The fourth-order valence-electron chi connectivity index (χ4n) is 4.05. The number of aromatic nitrogens is 1. The summed E-state index contributed by atoms with van der Waals surface area (Å²) in [7, 11) is 0. The average Bonchev–Trinajstić information content (AvgIpc) is 3.03. The van der Waals surface area contributed by atoms with E-state index in [2.05, 4.69) is 15.6 Å². The van der Waals surface area contributed by atoms with E-state index in [4.69, 9.17) is 0 Å². The van der Waals surface area contributed by atoms with Crippen LogP contribution in [0.15, 0.2) is 47.6 Å². The predicted octanol–water partition coefficient (Wildman–Crippen LogP) is 4.61. The molecule has 158 valence electrons. The summed E-state index contributed by atoms with van der Waals surface area (Å²) in [5.74, 6) is 0.903. The van der Waals surface area contributed by atoms with Gasteiger partial charge in [-0.25, -0.2) is 9.78 Å². The molecule has 1 aromatic heterocycles. The molecule has 2 N–H and O–H groups in total. The number of hydrogen-bond acceptors (Lipinski definition) is 4. The number of fused-ring (bicyclic) bond motifs is 1. The summed E-state index contributed by atoms with van der Waals surface area (Å²) in [6.45, 7) is 0.647. The van der Waals surface area contributed by atoms with Gasteiger partial charge in [0.25, 0.3) is 0 Å². The van der Waals surface area contributed by atoms with Crippen LogP contribution in [0.1, 0.15) is 44.1 Å². The minimum atomic E-state index is -0.164. The summed E-state index contributed by atoms with van der Waals surface area (Å²) in [6.07, 6.45) is 9.25. The third-order valence-electron chi connectivity index (χ3n) is 5.63. The average molecular weight is 425 g/mol. The number of nitrogens with one attached hydrogen (secondary N) is 2. The molecule has 3 amide bonds. The molecule has 2 aliphatic rings. The molecule has 1 saturated carbocycles. The first-order valence-corrected chi connectivity index (χ1v) is 11.7. The Kier molecular flexibility index (Phi) is 6.89. The minimum Gasteiger partial charge on any atom is -0.353 e. The van der Waals surface area contributed by atoms with Gasteiger partial charge in [-0.2, -0.15) is 0 Å². The van der Waals surface area contributed by atoms with E-state index in [1.165, 1.54) is 25.7 Å². The molecule has 1 aromatic carbocycles. The highest BCUT2D eigenvalue weighted by molar-refractivity contribution is 7.99. The molecule has 0 spiro atoms. The molecule has 1 aliphatic carbocycles. The number of anilines is 2. The van der Waals surface area contributed by atoms with Crippen molar-refractivity contribution in [2.75, 3.05) is 22.5 Å². The van der Waals surface area contributed by atoms with Crippen molar-refractivity contribution in [1.29, 1.82) is 0 Å². The maximum Gasteiger partial charge on any atom is 0.326 e. The van der Waals surface area contributed by atoms with Crippen molar-refractivity contribution in [3.05, 3.63) is 48.2 Å². The summed E-state index contributed by atoms with van der Waals surface area (Å²) in [6, 6.07) is 11.4. The molecule has 30 heavy (non-hydrogen) atoms. The Balaban J connectivity index is 1.31. The number of carbonyl (C=O) groups is 2. The van der Waals surface area contributed by atoms with Crippen molar-refractivity contribution < 1.29 is 9.59 Å². The van der Waals surface area contributed by atoms with E-state index < -0.39 is 0 Å². The fourth-order valence-corrected chi connectivity index (χ4v) is 4.98. The molecule has 0 bridgehead atoms. The normalized spacial score (nSPS) is 17.0. The smallest absolute Gasteiger partial charge is 0.326 e. The Bertz CT molecular complexity index is 879. The van der Waals surface area contributed by atoms with E-state index in [0.29, 0.717) is 19.0 Å². The van der Waals surface area contributed by atoms with Crippen LogP contribution in [-0.2, 0) is 11.2 Å². The Morgan fingerprint density at radius 1 is 1.07 bits per heavy atom. The molecule has 6 nitrogen and oxygen atoms in total. The zero-order valence-corrected chi connectivity index (χ0v) is 17.9. The minimum absolute atomic E-state index is 0.0774. The van der Waals surface area contributed by atoms with Crippen LogP contribution in [0.4, 0.5) is 16.2 Å². The molecule has 2 aromatic rings. The number of urea groups is 1. The van der Waals surface area contributed by atoms with E-state index in [-0.39, 0.29) is 11.9 Å². The number of rotatable bonds is 4. The Labute approximate surface area is 181 Å². The Hall–Kier alpha value is -2.54. The molecule has 0 saturated heterocycles. The first-order valence-electron chi connectivity index (χ1n) is 10.7. The van der Waals surface area contributed by atoms with E-state index in [1.54, 1.807) is 22.9 Å². The zero-order chi connectivity index (χ0) is 20.8. The third kappa shape index (κ3) is 5.33. The van der Waals surface area contributed by atoms with Gasteiger partial charge in [0.1, 0.15) is 5.03 Å². The third-order valence-corrected chi connectivity index (χ3v) is 6.61. The van der Waals surface area contributed by atoms with Crippen molar-refractivity contribution in [3.8, 4) is 0 Å². The highest BCUT2D eigenvalue weighted by Crippen LogP contribution is 2.32. The largest absolute Gasteiger partial charge is 0.353 e. The summed E-state index contributed by atoms with van der Waals surface area (Å²) in [5.41, 5.74) is 2.51. The van der Waals surface area contributed by atoms with Gasteiger partial charge >= 0.3 is 6.03 Å². The zero-order valence-electron chi connectivity index (χ0n) is 17.1. The molecule has 0 radical (unpaired) electrons. The summed E-state index contributed by atoms with van der Waals surface area (Å²) in [5, 5.41) is 7.02. The van der Waals surface area contributed by atoms with Crippen LogP contribution < -0.4 is 15.5 Å². The van der Waals surface area contributed by atoms with Gasteiger partial charge in [-0.1, -0.05) is 37.8 Å². The van der Waals surface area contributed by atoms with Gasteiger partial charge in [0.2, 0.25) is 5.91 Å². The Morgan fingerprint density at radius 3 is 2.60 bits per heavy atom. The highest BCUT2D eigenvalue weighted by atomic mass is 32.2.